The molecule has 0 bridgehead atoms. The van der Waals surface area contributed by atoms with E-state index >= 15 is 0 Å². The van der Waals surface area contributed by atoms with Crippen molar-refractivity contribution < 1.29 is 10.2 Å². The van der Waals surface area contributed by atoms with Crippen LogP contribution in [0.1, 0.15) is 25.5 Å². The van der Waals surface area contributed by atoms with Crippen LogP contribution in [0.3, 0.4) is 0 Å². The van der Waals surface area contributed by atoms with E-state index < -0.39 is 5.41 Å². The molecule has 0 saturated heterocycles. The van der Waals surface area contributed by atoms with Gasteiger partial charge in [0.25, 0.3) is 0 Å². The average Bonchev–Trinajstić information content (AvgIpc) is 2.79. The lowest BCUT2D eigenvalue weighted by Crippen LogP contribution is -2.38. The molecule has 0 spiro atoms. The number of aliphatic hydroxyl groups excluding tert-OH is 2. The maximum Gasteiger partial charge on any atom is 0.0519 e. The van der Waals surface area contributed by atoms with Gasteiger partial charge in [-0.3, -0.25) is 0 Å². The molecule has 0 aromatic carbocycles. The summed E-state index contributed by atoms with van der Waals surface area (Å²) < 4.78 is 0. The van der Waals surface area contributed by atoms with E-state index in [0.717, 1.165) is 0 Å². The summed E-state index contributed by atoms with van der Waals surface area (Å²) in [4.78, 5) is 0. The van der Waals surface area contributed by atoms with E-state index in [1.165, 1.54) is 5.56 Å². The van der Waals surface area contributed by atoms with Gasteiger partial charge < -0.3 is 15.5 Å². The smallest absolute Gasteiger partial charge is 0.0519 e. The molecule has 1 aromatic rings. The molecule has 0 aliphatic carbocycles. The zero-order valence-corrected chi connectivity index (χ0v) is 10.0. The topological polar surface area (TPSA) is 52.5 Å². The van der Waals surface area contributed by atoms with E-state index in [9.17, 15) is 0 Å². The minimum atomic E-state index is -0.440. The van der Waals surface area contributed by atoms with E-state index in [-0.39, 0.29) is 19.3 Å². The monoisotopic (exact) mass is 229 g/mol. The lowest BCUT2D eigenvalue weighted by Gasteiger charge is -2.27. The molecule has 4 heteroatoms. The van der Waals surface area contributed by atoms with Gasteiger partial charge >= 0.3 is 0 Å². The predicted octanol–water partition coefficient (Wildman–Crippen LogP) is 1.39. The van der Waals surface area contributed by atoms with E-state index in [1.807, 2.05) is 12.3 Å². The number of rotatable bonds is 6. The van der Waals surface area contributed by atoms with Gasteiger partial charge in [0.05, 0.1) is 13.2 Å². The molecule has 0 radical (unpaired) electrons. The Morgan fingerprint density at radius 2 is 2.13 bits per heavy atom. The van der Waals surface area contributed by atoms with Gasteiger partial charge in [-0.2, -0.15) is 11.3 Å². The largest absolute Gasteiger partial charge is 0.396 e. The highest BCUT2D eigenvalue weighted by Crippen LogP contribution is 2.18. The second-order valence-electron chi connectivity index (χ2n) is 4.29. The standard InChI is InChI=1S/C11H19NO2S/c1-9(10-3-4-15-5-10)12-6-11(2,7-13)8-14/h3-5,9,12-14H,6-8H2,1-2H3. The van der Waals surface area contributed by atoms with E-state index in [0.29, 0.717) is 6.54 Å². The normalized spacial score (nSPS) is 14.1. The molecule has 0 aliphatic rings. The molecule has 0 aliphatic heterocycles. The van der Waals surface area contributed by atoms with Crippen molar-refractivity contribution in [1.29, 1.82) is 0 Å². The van der Waals surface area contributed by atoms with Crippen molar-refractivity contribution in [2.75, 3.05) is 19.8 Å². The van der Waals surface area contributed by atoms with Crippen LogP contribution >= 0.6 is 11.3 Å². The highest BCUT2D eigenvalue weighted by Gasteiger charge is 2.22. The molecule has 1 heterocycles. The number of hydrogen-bond acceptors (Lipinski definition) is 4. The van der Waals surface area contributed by atoms with Crippen LogP contribution in [-0.4, -0.2) is 30.0 Å². The average molecular weight is 229 g/mol. The first-order chi connectivity index (χ1) is 7.11. The third-order valence-electron chi connectivity index (χ3n) is 2.64. The highest BCUT2D eigenvalue weighted by molar-refractivity contribution is 7.07. The Bertz CT molecular complexity index is 270. The molecule has 1 unspecified atom stereocenters. The first-order valence-electron chi connectivity index (χ1n) is 5.08. The third-order valence-corrected chi connectivity index (χ3v) is 3.34. The second-order valence-corrected chi connectivity index (χ2v) is 5.07. The molecule has 86 valence electrons. The number of thiophene rings is 1. The quantitative estimate of drug-likeness (QED) is 0.691. The van der Waals surface area contributed by atoms with Crippen molar-refractivity contribution in [3.8, 4) is 0 Å². The van der Waals surface area contributed by atoms with Gasteiger partial charge in [-0.25, -0.2) is 0 Å². The highest BCUT2D eigenvalue weighted by atomic mass is 32.1. The van der Waals surface area contributed by atoms with Crippen LogP contribution in [0.15, 0.2) is 16.8 Å². The van der Waals surface area contributed by atoms with E-state index in [1.54, 1.807) is 11.3 Å². The molecule has 0 fully saturated rings. The molecule has 0 amide bonds. The molecular formula is C11H19NO2S. The van der Waals surface area contributed by atoms with Gasteiger partial charge in [0.1, 0.15) is 0 Å². The SMILES string of the molecule is CC(NCC(C)(CO)CO)c1ccsc1. The molecule has 3 nitrogen and oxygen atoms in total. The fourth-order valence-corrected chi connectivity index (χ4v) is 1.95. The maximum absolute atomic E-state index is 9.13. The van der Waals surface area contributed by atoms with Gasteiger partial charge in [0, 0.05) is 18.0 Å². The van der Waals surface area contributed by atoms with E-state index in [4.69, 9.17) is 10.2 Å². The summed E-state index contributed by atoms with van der Waals surface area (Å²) in [5.74, 6) is 0. The van der Waals surface area contributed by atoms with Crippen LogP contribution in [0.4, 0.5) is 0 Å². The summed E-state index contributed by atoms with van der Waals surface area (Å²) in [7, 11) is 0. The Morgan fingerprint density at radius 1 is 1.47 bits per heavy atom. The van der Waals surface area contributed by atoms with Gasteiger partial charge in [0.2, 0.25) is 0 Å². The van der Waals surface area contributed by atoms with Crippen LogP contribution < -0.4 is 5.32 Å². The van der Waals surface area contributed by atoms with Crippen molar-refractivity contribution >= 4 is 11.3 Å². The van der Waals surface area contributed by atoms with Gasteiger partial charge in [0.15, 0.2) is 0 Å². The van der Waals surface area contributed by atoms with Crippen molar-refractivity contribution in [3.05, 3.63) is 22.4 Å². The summed E-state index contributed by atoms with van der Waals surface area (Å²) in [5.41, 5.74) is 0.808. The van der Waals surface area contributed by atoms with Crippen molar-refractivity contribution in [2.24, 2.45) is 5.41 Å². The maximum atomic E-state index is 9.13. The minimum absolute atomic E-state index is 0.00709. The summed E-state index contributed by atoms with van der Waals surface area (Å²) in [6.07, 6.45) is 0. The lowest BCUT2D eigenvalue weighted by molar-refractivity contribution is 0.0677. The Labute approximate surface area is 94.8 Å². The Morgan fingerprint density at radius 3 is 2.60 bits per heavy atom. The van der Waals surface area contributed by atoms with Crippen molar-refractivity contribution in [3.63, 3.8) is 0 Å². The summed E-state index contributed by atoms with van der Waals surface area (Å²) in [5, 5.41) is 25.7. The number of nitrogens with one attached hydrogen (secondary N) is 1. The fraction of sp³-hybridized carbons (Fsp3) is 0.636. The lowest BCUT2D eigenvalue weighted by atomic mass is 9.92. The molecule has 1 atom stereocenters. The number of aliphatic hydroxyl groups is 2. The zero-order chi connectivity index (χ0) is 11.3. The molecule has 0 saturated carbocycles. The molecule has 1 aromatic heterocycles. The minimum Gasteiger partial charge on any atom is -0.396 e. The van der Waals surface area contributed by atoms with Gasteiger partial charge in [-0.1, -0.05) is 6.92 Å². The third kappa shape index (κ3) is 3.57. The van der Waals surface area contributed by atoms with Crippen LogP contribution in [-0.2, 0) is 0 Å². The zero-order valence-electron chi connectivity index (χ0n) is 9.23. The van der Waals surface area contributed by atoms with Crippen LogP contribution in [0.2, 0.25) is 0 Å². The predicted molar refractivity (Wildman–Crippen MR) is 63.0 cm³/mol. The van der Waals surface area contributed by atoms with Crippen molar-refractivity contribution in [2.45, 2.75) is 19.9 Å². The van der Waals surface area contributed by atoms with Gasteiger partial charge in [-0.05, 0) is 29.3 Å². The summed E-state index contributed by atoms with van der Waals surface area (Å²) in [6.45, 7) is 4.54. The first kappa shape index (κ1) is 12.6. The molecule has 3 N–H and O–H groups in total. The summed E-state index contributed by atoms with van der Waals surface area (Å²) in [6, 6.07) is 2.34. The molecule has 15 heavy (non-hydrogen) atoms. The Balaban J connectivity index is 2.43. The van der Waals surface area contributed by atoms with Crippen LogP contribution in [0, 0.1) is 5.41 Å². The second kappa shape index (κ2) is 5.61. The van der Waals surface area contributed by atoms with E-state index in [2.05, 4.69) is 23.7 Å². The summed E-state index contributed by atoms with van der Waals surface area (Å²) >= 11 is 1.67. The van der Waals surface area contributed by atoms with Gasteiger partial charge in [-0.15, -0.1) is 0 Å². The fourth-order valence-electron chi connectivity index (χ4n) is 1.20. The van der Waals surface area contributed by atoms with Crippen molar-refractivity contribution in [1.82, 2.24) is 5.32 Å². The molecule has 1 rings (SSSR count). The first-order valence-corrected chi connectivity index (χ1v) is 6.03. The Kier molecular flexibility index (Phi) is 4.73. The van der Waals surface area contributed by atoms with Crippen LogP contribution in [0.25, 0.3) is 0 Å². The van der Waals surface area contributed by atoms with Crippen LogP contribution in [0.5, 0.6) is 0 Å². The Hall–Kier alpha value is -0.420. The number of hydrogen-bond donors (Lipinski definition) is 3. The molecular weight excluding hydrogens is 210 g/mol.